The van der Waals surface area contributed by atoms with Crippen LogP contribution in [0.25, 0.3) is 11.3 Å². The van der Waals surface area contributed by atoms with E-state index in [1.807, 2.05) is 17.6 Å². The van der Waals surface area contributed by atoms with Crippen molar-refractivity contribution in [3.63, 3.8) is 0 Å². The molecule has 1 aliphatic carbocycles. The monoisotopic (exact) mass is 439 g/mol. The third kappa shape index (κ3) is 2.83. The Kier molecular flexibility index (Phi) is 4.51. The lowest BCUT2D eigenvalue weighted by Gasteiger charge is -2.40. The minimum absolute atomic E-state index is 0.0514. The fourth-order valence-electron chi connectivity index (χ4n) is 6.23. The van der Waals surface area contributed by atoms with Crippen molar-refractivity contribution in [1.29, 1.82) is 0 Å². The highest BCUT2D eigenvalue weighted by Gasteiger charge is 2.51. The summed E-state index contributed by atoms with van der Waals surface area (Å²) in [6.07, 6.45) is 4.22. The highest BCUT2D eigenvalue weighted by Crippen LogP contribution is 2.62. The minimum Gasteiger partial charge on any atom is -0.493 e. The number of pyridine rings is 1. The Bertz CT molecular complexity index is 1200. The van der Waals surface area contributed by atoms with E-state index in [2.05, 4.69) is 13.8 Å². The summed E-state index contributed by atoms with van der Waals surface area (Å²) in [5.41, 5.74) is 2.78. The Balaban J connectivity index is 1.82. The third-order valence-electron chi connectivity index (χ3n) is 7.50. The van der Waals surface area contributed by atoms with Gasteiger partial charge in [0.2, 0.25) is 0 Å². The molecule has 3 atom stereocenters. The molecule has 0 saturated heterocycles. The lowest BCUT2D eigenvalue weighted by molar-refractivity contribution is 0.0192. The van der Waals surface area contributed by atoms with Crippen LogP contribution in [0.2, 0.25) is 0 Å². The van der Waals surface area contributed by atoms with Crippen molar-refractivity contribution in [2.45, 2.75) is 57.6 Å². The summed E-state index contributed by atoms with van der Waals surface area (Å²) in [7, 11) is 3.28. The van der Waals surface area contributed by atoms with E-state index >= 15 is 0 Å². The van der Waals surface area contributed by atoms with E-state index in [9.17, 15) is 14.7 Å². The Hall–Kier alpha value is -2.80. The van der Waals surface area contributed by atoms with Gasteiger partial charge in [0, 0.05) is 48.9 Å². The first kappa shape index (κ1) is 21.1. The zero-order chi connectivity index (χ0) is 23.0. The SMILES string of the molecule is COCC1(C)Cc2c(c(OC)cc3c2C2CCC(C)(C)C2n2cc(C(=O)O)c(=O)cc2-3)O1. The quantitative estimate of drug-likeness (QED) is 0.774. The van der Waals surface area contributed by atoms with Crippen molar-refractivity contribution >= 4 is 5.97 Å². The fraction of sp³-hybridized carbons (Fsp3) is 0.520. The summed E-state index contributed by atoms with van der Waals surface area (Å²) in [6, 6.07) is 3.47. The predicted molar refractivity (Wildman–Crippen MR) is 119 cm³/mol. The summed E-state index contributed by atoms with van der Waals surface area (Å²) in [6.45, 7) is 6.94. The van der Waals surface area contributed by atoms with E-state index < -0.39 is 17.0 Å². The highest BCUT2D eigenvalue weighted by molar-refractivity contribution is 5.88. The predicted octanol–water partition coefficient (Wildman–Crippen LogP) is 4.02. The maximum Gasteiger partial charge on any atom is 0.341 e. The van der Waals surface area contributed by atoms with Gasteiger partial charge in [-0.2, -0.15) is 0 Å². The summed E-state index contributed by atoms with van der Waals surface area (Å²) in [5, 5.41) is 9.59. The molecular formula is C25H29NO6. The molecule has 3 unspecified atom stereocenters. The van der Waals surface area contributed by atoms with Crippen molar-refractivity contribution in [3.05, 3.63) is 45.2 Å². The lowest BCUT2D eigenvalue weighted by Crippen LogP contribution is -2.36. The summed E-state index contributed by atoms with van der Waals surface area (Å²) >= 11 is 0. The van der Waals surface area contributed by atoms with Crippen LogP contribution in [0.3, 0.4) is 0 Å². The Morgan fingerprint density at radius 3 is 2.69 bits per heavy atom. The average molecular weight is 440 g/mol. The zero-order valence-corrected chi connectivity index (χ0v) is 19.2. The van der Waals surface area contributed by atoms with E-state index in [4.69, 9.17) is 14.2 Å². The van der Waals surface area contributed by atoms with Gasteiger partial charge in [-0.3, -0.25) is 4.79 Å². The van der Waals surface area contributed by atoms with E-state index in [1.54, 1.807) is 20.4 Å². The molecule has 0 spiro atoms. The molecule has 1 aromatic heterocycles. The molecule has 0 radical (unpaired) electrons. The molecule has 3 aliphatic rings. The van der Waals surface area contributed by atoms with Crippen LogP contribution in [-0.4, -0.2) is 42.1 Å². The van der Waals surface area contributed by atoms with Crippen LogP contribution in [0.15, 0.2) is 23.1 Å². The number of aromatic carboxylic acids is 1. The summed E-state index contributed by atoms with van der Waals surface area (Å²) < 4.78 is 19.6. The second kappa shape index (κ2) is 6.85. The molecule has 3 heterocycles. The molecule has 7 nitrogen and oxygen atoms in total. The van der Waals surface area contributed by atoms with Gasteiger partial charge in [-0.25, -0.2) is 4.79 Å². The molecule has 2 aromatic rings. The average Bonchev–Trinajstić information content (AvgIpc) is 3.23. The normalized spacial score (nSPS) is 26.5. The van der Waals surface area contributed by atoms with Gasteiger partial charge in [0.05, 0.1) is 19.4 Å². The van der Waals surface area contributed by atoms with E-state index in [0.717, 1.165) is 35.4 Å². The maximum atomic E-state index is 12.7. The molecule has 32 heavy (non-hydrogen) atoms. The molecule has 1 saturated carbocycles. The number of hydrogen-bond donors (Lipinski definition) is 1. The molecule has 1 aromatic carbocycles. The topological polar surface area (TPSA) is 87.0 Å². The first-order valence-electron chi connectivity index (χ1n) is 11.0. The van der Waals surface area contributed by atoms with Gasteiger partial charge in [-0.05, 0) is 36.8 Å². The van der Waals surface area contributed by atoms with Crippen LogP contribution >= 0.6 is 0 Å². The third-order valence-corrected chi connectivity index (χ3v) is 7.50. The number of fused-ring (bicyclic) bond motifs is 8. The molecular weight excluding hydrogens is 410 g/mol. The van der Waals surface area contributed by atoms with Crippen molar-refractivity contribution in [3.8, 4) is 22.8 Å². The molecule has 0 bridgehead atoms. The van der Waals surface area contributed by atoms with Crippen LogP contribution < -0.4 is 14.9 Å². The van der Waals surface area contributed by atoms with Crippen LogP contribution in [0.4, 0.5) is 0 Å². The van der Waals surface area contributed by atoms with E-state index in [0.29, 0.717) is 18.8 Å². The number of rotatable bonds is 4. The molecule has 7 heteroatoms. The highest BCUT2D eigenvalue weighted by atomic mass is 16.6. The van der Waals surface area contributed by atoms with E-state index in [1.165, 1.54) is 11.6 Å². The Morgan fingerprint density at radius 1 is 1.28 bits per heavy atom. The van der Waals surface area contributed by atoms with Crippen LogP contribution in [0.1, 0.15) is 67.1 Å². The number of ether oxygens (including phenoxy) is 3. The fourth-order valence-corrected chi connectivity index (χ4v) is 6.23. The van der Waals surface area contributed by atoms with Crippen molar-refractivity contribution < 1.29 is 24.1 Å². The van der Waals surface area contributed by atoms with Crippen LogP contribution in [0.5, 0.6) is 11.5 Å². The molecule has 1 fully saturated rings. The second-order valence-corrected chi connectivity index (χ2v) is 10.2. The number of carboxylic acids is 1. The van der Waals surface area contributed by atoms with E-state index in [-0.39, 0.29) is 22.9 Å². The number of aromatic nitrogens is 1. The molecule has 0 amide bonds. The maximum absolute atomic E-state index is 12.7. The van der Waals surface area contributed by atoms with Gasteiger partial charge in [0.25, 0.3) is 0 Å². The van der Waals surface area contributed by atoms with Gasteiger partial charge in [-0.15, -0.1) is 0 Å². The Morgan fingerprint density at radius 2 is 2.03 bits per heavy atom. The molecule has 170 valence electrons. The van der Waals surface area contributed by atoms with Crippen LogP contribution in [-0.2, 0) is 11.2 Å². The number of carbonyl (C=O) groups is 1. The van der Waals surface area contributed by atoms with Crippen molar-refractivity contribution in [2.75, 3.05) is 20.8 Å². The van der Waals surface area contributed by atoms with Gasteiger partial charge < -0.3 is 23.9 Å². The van der Waals surface area contributed by atoms with Gasteiger partial charge in [0.15, 0.2) is 16.9 Å². The van der Waals surface area contributed by atoms with Gasteiger partial charge in [-0.1, -0.05) is 13.8 Å². The first-order valence-corrected chi connectivity index (χ1v) is 11.0. The van der Waals surface area contributed by atoms with Gasteiger partial charge in [0.1, 0.15) is 11.2 Å². The number of methoxy groups -OCH3 is 2. The standard InChI is InChI=1S/C25H29NO6/c1-24(2)7-6-13-20-14(17-9-18(27)16(23(28)29)11-26(17)22(13)24)8-19(31-5)21-15(20)10-25(3,32-21)12-30-4/h8-9,11,13,22H,6-7,10,12H2,1-5H3,(H,28,29). The lowest BCUT2D eigenvalue weighted by atomic mass is 9.75. The number of hydrogen-bond acceptors (Lipinski definition) is 5. The Labute approximate surface area is 186 Å². The van der Waals surface area contributed by atoms with Crippen LogP contribution in [0, 0.1) is 5.41 Å². The van der Waals surface area contributed by atoms with Crippen molar-refractivity contribution in [1.82, 2.24) is 4.57 Å². The smallest absolute Gasteiger partial charge is 0.341 e. The number of nitrogens with zero attached hydrogens (tertiary/aromatic N) is 1. The second-order valence-electron chi connectivity index (χ2n) is 10.2. The number of benzene rings is 1. The number of carboxylic acid groups (broad SMARTS) is 1. The molecule has 5 rings (SSSR count). The molecule has 1 N–H and O–H groups in total. The summed E-state index contributed by atoms with van der Waals surface area (Å²) in [4.78, 5) is 24.4. The van der Waals surface area contributed by atoms with Gasteiger partial charge >= 0.3 is 5.97 Å². The summed E-state index contributed by atoms with van der Waals surface area (Å²) in [5.74, 6) is 0.381. The first-order chi connectivity index (χ1) is 15.1. The largest absolute Gasteiger partial charge is 0.493 e. The minimum atomic E-state index is -1.20. The van der Waals surface area contributed by atoms with Crippen molar-refractivity contribution in [2.24, 2.45) is 5.41 Å². The molecule has 2 aliphatic heterocycles. The zero-order valence-electron chi connectivity index (χ0n) is 19.2.